The lowest BCUT2D eigenvalue weighted by Crippen LogP contribution is -2.46. The smallest absolute Gasteiger partial charge is 0.226 e. The van der Waals surface area contributed by atoms with Crippen molar-refractivity contribution < 1.29 is 14.4 Å². The van der Waals surface area contributed by atoms with Gasteiger partial charge in [0.15, 0.2) is 0 Å². The van der Waals surface area contributed by atoms with Crippen molar-refractivity contribution in [3.63, 3.8) is 0 Å². The molecule has 148 valence electrons. The van der Waals surface area contributed by atoms with Crippen molar-refractivity contribution >= 4 is 23.4 Å². The molecule has 2 N–H and O–H groups in total. The van der Waals surface area contributed by atoms with Crippen molar-refractivity contribution in [3.8, 4) is 0 Å². The lowest BCUT2D eigenvalue weighted by molar-refractivity contribution is -0.138. The quantitative estimate of drug-likeness (QED) is 0.805. The zero-order valence-electron chi connectivity index (χ0n) is 16.7. The van der Waals surface area contributed by atoms with Crippen molar-refractivity contribution in [2.24, 2.45) is 17.8 Å². The summed E-state index contributed by atoms with van der Waals surface area (Å²) in [7, 11) is 0. The third-order valence-electron chi connectivity index (χ3n) is 4.78. The molecule has 1 atom stereocenters. The lowest BCUT2D eigenvalue weighted by Gasteiger charge is -2.33. The highest BCUT2D eigenvalue weighted by molar-refractivity contribution is 5.92. The van der Waals surface area contributed by atoms with Gasteiger partial charge in [-0.1, -0.05) is 39.8 Å². The zero-order valence-corrected chi connectivity index (χ0v) is 16.7. The van der Waals surface area contributed by atoms with E-state index in [9.17, 15) is 14.4 Å². The van der Waals surface area contributed by atoms with Crippen molar-refractivity contribution in [3.05, 3.63) is 29.8 Å². The molecule has 0 radical (unpaired) electrons. The molecule has 0 saturated carbocycles. The van der Waals surface area contributed by atoms with Crippen LogP contribution in [-0.4, -0.2) is 35.7 Å². The van der Waals surface area contributed by atoms with E-state index in [0.29, 0.717) is 13.1 Å². The maximum Gasteiger partial charge on any atom is 0.226 e. The highest BCUT2D eigenvalue weighted by Crippen LogP contribution is 2.19. The number of benzene rings is 1. The van der Waals surface area contributed by atoms with Crippen LogP contribution in [0.3, 0.4) is 0 Å². The molecule has 1 aromatic rings. The molecule has 0 spiro atoms. The van der Waals surface area contributed by atoms with Gasteiger partial charge in [0.05, 0.1) is 5.92 Å². The number of piperidine rings is 1. The summed E-state index contributed by atoms with van der Waals surface area (Å²) in [6.45, 7) is 9.09. The van der Waals surface area contributed by atoms with E-state index in [1.54, 1.807) is 4.90 Å². The Labute approximate surface area is 161 Å². The molecule has 1 saturated heterocycles. The monoisotopic (exact) mass is 373 g/mol. The molecular weight excluding hydrogens is 342 g/mol. The van der Waals surface area contributed by atoms with Crippen LogP contribution in [0.5, 0.6) is 0 Å². The van der Waals surface area contributed by atoms with E-state index in [1.165, 1.54) is 0 Å². The van der Waals surface area contributed by atoms with E-state index < -0.39 is 0 Å². The van der Waals surface area contributed by atoms with Gasteiger partial charge in [0.1, 0.15) is 0 Å². The van der Waals surface area contributed by atoms with E-state index in [2.05, 4.69) is 10.6 Å². The van der Waals surface area contributed by atoms with Gasteiger partial charge in [-0.25, -0.2) is 0 Å². The number of hydrogen-bond donors (Lipinski definition) is 2. The zero-order chi connectivity index (χ0) is 20.0. The summed E-state index contributed by atoms with van der Waals surface area (Å²) in [5.74, 6) is -0.237. The molecule has 0 bridgehead atoms. The second kappa shape index (κ2) is 9.53. The average Bonchev–Trinajstić information content (AvgIpc) is 2.65. The van der Waals surface area contributed by atoms with Gasteiger partial charge in [0.25, 0.3) is 0 Å². The van der Waals surface area contributed by atoms with Gasteiger partial charge in [-0.15, -0.1) is 0 Å². The average molecular weight is 373 g/mol. The first-order chi connectivity index (χ1) is 12.8. The first-order valence-corrected chi connectivity index (χ1v) is 9.74. The predicted octanol–water partition coefficient (Wildman–Crippen LogP) is 2.79. The van der Waals surface area contributed by atoms with Crippen LogP contribution in [0.15, 0.2) is 24.3 Å². The van der Waals surface area contributed by atoms with Gasteiger partial charge < -0.3 is 15.5 Å². The van der Waals surface area contributed by atoms with Gasteiger partial charge >= 0.3 is 0 Å². The Morgan fingerprint density at radius 3 is 2.56 bits per heavy atom. The highest BCUT2D eigenvalue weighted by atomic mass is 16.2. The summed E-state index contributed by atoms with van der Waals surface area (Å²) < 4.78 is 0. The molecule has 1 heterocycles. The first kappa shape index (κ1) is 20.9. The van der Waals surface area contributed by atoms with Crippen molar-refractivity contribution in [2.75, 3.05) is 18.4 Å². The highest BCUT2D eigenvalue weighted by Gasteiger charge is 2.29. The topological polar surface area (TPSA) is 78.5 Å². The molecule has 0 aliphatic carbocycles. The van der Waals surface area contributed by atoms with Gasteiger partial charge in [-0.05, 0) is 30.5 Å². The molecule has 3 amide bonds. The fraction of sp³-hybridized carbons (Fsp3) is 0.571. The van der Waals surface area contributed by atoms with Gasteiger partial charge in [-0.2, -0.15) is 0 Å². The summed E-state index contributed by atoms with van der Waals surface area (Å²) in [6, 6.07) is 7.49. The number of nitrogens with one attached hydrogen (secondary N) is 2. The summed E-state index contributed by atoms with van der Waals surface area (Å²) in [4.78, 5) is 38.3. The Kier molecular flexibility index (Phi) is 7.39. The first-order valence-electron chi connectivity index (χ1n) is 9.74. The molecule has 27 heavy (non-hydrogen) atoms. The standard InChI is InChI=1S/C21H31N3O3/c1-14(2)19(25)23-18-9-5-7-16(11-18)12-22-20(26)17-8-6-10-24(13-17)21(27)15(3)4/h5,7,9,11,14-15,17H,6,8,10,12-13H2,1-4H3,(H,22,26)(H,23,25). The number of carbonyl (C=O) groups is 3. The van der Waals surface area contributed by atoms with E-state index in [4.69, 9.17) is 0 Å². The number of nitrogens with zero attached hydrogens (tertiary/aromatic N) is 1. The normalized spacial score (nSPS) is 17.1. The Hall–Kier alpha value is -2.37. The number of hydrogen-bond acceptors (Lipinski definition) is 3. The summed E-state index contributed by atoms with van der Waals surface area (Å²) in [6.07, 6.45) is 1.66. The summed E-state index contributed by atoms with van der Waals surface area (Å²) in [5, 5.41) is 5.84. The summed E-state index contributed by atoms with van der Waals surface area (Å²) >= 11 is 0. The van der Waals surface area contributed by atoms with Crippen LogP contribution in [0.2, 0.25) is 0 Å². The van der Waals surface area contributed by atoms with Crippen LogP contribution in [0, 0.1) is 17.8 Å². The molecular formula is C21H31N3O3. The Balaban J connectivity index is 1.89. The molecule has 6 nitrogen and oxygen atoms in total. The molecule has 2 rings (SSSR count). The maximum atomic E-state index is 12.5. The van der Waals surface area contributed by atoms with Crippen LogP contribution in [0.1, 0.15) is 46.1 Å². The third-order valence-corrected chi connectivity index (χ3v) is 4.78. The number of carbonyl (C=O) groups excluding carboxylic acids is 3. The number of anilines is 1. The number of likely N-dealkylation sites (tertiary alicyclic amines) is 1. The molecule has 1 unspecified atom stereocenters. The van der Waals surface area contributed by atoms with Gasteiger partial charge in [0.2, 0.25) is 17.7 Å². The third kappa shape index (κ3) is 6.08. The Morgan fingerprint density at radius 2 is 1.89 bits per heavy atom. The van der Waals surface area contributed by atoms with Crippen LogP contribution in [0.4, 0.5) is 5.69 Å². The van der Waals surface area contributed by atoms with Crippen molar-refractivity contribution in [1.82, 2.24) is 10.2 Å². The molecule has 1 aliphatic heterocycles. The van der Waals surface area contributed by atoms with Crippen LogP contribution < -0.4 is 10.6 Å². The molecule has 1 fully saturated rings. The van der Waals surface area contributed by atoms with Crippen LogP contribution >= 0.6 is 0 Å². The molecule has 6 heteroatoms. The molecule has 1 aliphatic rings. The lowest BCUT2D eigenvalue weighted by atomic mass is 9.96. The fourth-order valence-electron chi connectivity index (χ4n) is 3.14. The fourth-order valence-corrected chi connectivity index (χ4v) is 3.14. The molecule has 0 aromatic heterocycles. The van der Waals surface area contributed by atoms with Crippen LogP contribution in [-0.2, 0) is 20.9 Å². The Bertz CT molecular complexity index is 685. The van der Waals surface area contributed by atoms with Gasteiger partial charge in [0, 0.05) is 37.2 Å². The SMILES string of the molecule is CC(C)C(=O)Nc1cccc(CNC(=O)C2CCCN(C(=O)C(C)C)C2)c1. The van der Waals surface area contributed by atoms with E-state index in [0.717, 1.165) is 30.6 Å². The Morgan fingerprint density at radius 1 is 1.15 bits per heavy atom. The van der Waals surface area contributed by atoms with E-state index in [-0.39, 0.29) is 35.5 Å². The second-order valence-electron chi connectivity index (χ2n) is 7.84. The van der Waals surface area contributed by atoms with Crippen LogP contribution in [0.25, 0.3) is 0 Å². The number of rotatable bonds is 6. The maximum absolute atomic E-state index is 12.5. The largest absolute Gasteiger partial charge is 0.352 e. The van der Waals surface area contributed by atoms with Gasteiger partial charge in [-0.3, -0.25) is 14.4 Å². The van der Waals surface area contributed by atoms with Crippen molar-refractivity contribution in [1.29, 1.82) is 0 Å². The van der Waals surface area contributed by atoms with E-state index in [1.807, 2.05) is 52.0 Å². The van der Waals surface area contributed by atoms with Crippen molar-refractivity contribution in [2.45, 2.75) is 47.1 Å². The molecule has 1 aromatic carbocycles. The predicted molar refractivity (Wildman–Crippen MR) is 106 cm³/mol. The second-order valence-corrected chi connectivity index (χ2v) is 7.84. The van der Waals surface area contributed by atoms with E-state index >= 15 is 0 Å². The minimum Gasteiger partial charge on any atom is -0.352 e. The minimum atomic E-state index is -0.162. The minimum absolute atomic E-state index is 0.0205. The summed E-state index contributed by atoms with van der Waals surface area (Å²) in [5.41, 5.74) is 1.66. The number of amides is 3.